The van der Waals surface area contributed by atoms with E-state index in [1.165, 1.54) is 0 Å². The number of hydroxylamine groups is 1. The van der Waals surface area contributed by atoms with E-state index in [2.05, 4.69) is 4.28 Å². The minimum atomic E-state index is -3.69. The van der Waals surface area contributed by atoms with Crippen molar-refractivity contribution in [2.45, 2.75) is 12.8 Å². The Morgan fingerprint density at radius 1 is 1.25 bits per heavy atom. The zero-order valence-electron chi connectivity index (χ0n) is 8.71. The molecule has 0 fully saturated rings. The summed E-state index contributed by atoms with van der Waals surface area (Å²) in [4.78, 5) is 11.6. The van der Waals surface area contributed by atoms with Gasteiger partial charge in [0.2, 0.25) is 0 Å². The molecule has 0 bridgehead atoms. The first-order valence-corrected chi connectivity index (χ1v) is 6.59. The first-order valence-electron chi connectivity index (χ1n) is 4.78. The summed E-state index contributed by atoms with van der Waals surface area (Å²) in [6, 6.07) is 7.08. The predicted octanol–water partition coefficient (Wildman–Crippen LogP) is 0.857. The lowest BCUT2D eigenvalue weighted by molar-refractivity contribution is -0.123. The number of amides is 1. The molecular weight excluding hydrogens is 230 g/mol. The number of rotatable bonds is 2. The average molecular weight is 241 g/mol. The van der Waals surface area contributed by atoms with E-state index in [1.807, 2.05) is 12.1 Å². The van der Waals surface area contributed by atoms with E-state index in [0.717, 1.165) is 16.9 Å². The number of nitrogens with zero attached hydrogens (tertiary/aromatic N) is 1. The zero-order chi connectivity index (χ0) is 11.8. The number of carbonyl (C=O) groups excluding carboxylic acids is 1. The maximum Gasteiger partial charge on any atom is 0.285 e. The molecule has 16 heavy (non-hydrogen) atoms. The van der Waals surface area contributed by atoms with Gasteiger partial charge >= 0.3 is 0 Å². The summed E-state index contributed by atoms with van der Waals surface area (Å²) in [6.07, 6.45) is 1.78. The number of hydrogen-bond acceptors (Lipinski definition) is 4. The molecule has 0 radical (unpaired) electrons. The molecule has 1 aliphatic rings. The molecule has 86 valence electrons. The lowest BCUT2D eigenvalue weighted by atomic mass is 10.0. The van der Waals surface area contributed by atoms with Gasteiger partial charge in [0, 0.05) is 6.42 Å². The molecule has 0 saturated carbocycles. The van der Waals surface area contributed by atoms with Crippen molar-refractivity contribution in [2.75, 3.05) is 11.3 Å². The van der Waals surface area contributed by atoms with Gasteiger partial charge in [-0.1, -0.05) is 18.2 Å². The van der Waals surface area contributed by atoms with Crippen LogP contribution in [0.5, 0.6) is 0 Å². The number of anilines is 1. The largest absolute Gasteiger partial charge is 0.285 e. The second kappa shape index (κ2) is 3.88. The Balaban J connectivity index is 2.41. The third kappa shape index (κ3) is 2.23. The molecule has 0 unspecified atom stereocenters. The molecule has 5 nitrogen and oxygen atoms in total. The van der Waals surface area contributed by atoms with Crippen LogP contribution in [0, 0.1) is 0 Å². The van der Waals surface area contributed by atoms with Crippen molar-refractivity contribution < 1.29 is 17.5 Å². The third-order valence-electron chi connectivity index (χ3n) is 2.26. The Morgan fingerprint density at radius 3 is 2.62 bits per heavy atom. The standard InChI is InChI=1S/C10H11NO4S/c1-16(13,14)15-11-9-5-3-2-4-8(9)6-7-10(11)12/h2-5H,6-7H2,1H3. The van der Waals surface area contributed by atoms with Crippen molar-refractivity contribution in [3.63, 3.8) is 0 Å². The SMILES string of the molecule is CS(=O)(=O)ON1C(=O)CCc2ccccc21. The Bertz CT molecular complexity index is 523. The summed E-state index contributed by atoms with van der Waals surface area (Å²) in [5.74, 6) is -0.343. The Kier molecular flexibility index (Phi) is 2.69. The van der Waals surface area contributed by atoms with Gasteiger partial charge in [-0.05, 0) is 18.1 Å². The number of hydrogen-bond donors (Lipinski definition) is 0. The topological polar surface area (TPSA) is 63.7 Å². The summed E-state index contributed by atoms with van der Waals surface area (Å²) in [5.41, 5.74) is 1.41. The van der Waals surface area contributed by atoms with Gasteiger partial charge in [-0.15, -0.1) is 4.28 Å². The second-order valence-corrected chi connectivity index (χ2v) is 5.15. The monoisotopic (exact) mass is 241 g/mol. The first-order chi connectivity index (χ1) is 7.47. The molecule has 0 N–H and O–H groups in total. The zero-order valence-corrected chi connectivity index (χ0v) is 9.53. The van der Waals surface area contributed by atoms with Gasteiger partial charge in [-0.2, -0.15) is 13.5 Å². The molecule has 1 aromatic rings. The van der Waals surface area contributed by atoms with Crippen LogP contribution < -0.4 is 5.06 Å². The number of carbonyl (C=O) groups is 1. The lowest BCUT2D eigenvalue weighted by Crippen LogP contribution is -2.36. The van der Waals surface area contributed by atoms with Crippen molar-refractivity contribution in [1.82, 2.24) is 0 Å². The van der Waals surface area contributed by atoms with Gasteiger partial charge < -0.3 is 0 Å². The normalized spacial score (nSPS) is 16.1. The summed E-state index contributed by atoms with van der Waals surface area (Å²) < 4.78 is 26.8. The van der Waals surface area contributed by atoms with Gasteiger partial charge in [-0.3, -0.25) is 4.79 Å². The minimum Gasteiger partial charge on any atom is -0.272 e. The van der Waals surface area contributed by atoms with E-state index in [4.69, 9.17) is 0 Å². The van der Waals surface area contributed by atoms with Crippen LogP contribution >= 0.6 is 0 Å². The van der Waals surface area contributed by atoms with Crippen molar-refractivity contribution >= 4 is 21.7 Å². The molecular formula is C10H11NO4S. The van der Waals surface area contributed by atoms with Crippen molar-refractivity contribution in [1.29, 1.82) is 0 Å². The van der Waals surface area contributed by atoms with Crippen LogP contribution in [-0.4, -0.2) is 20.6 Å². The van der Waals surface area contributed by atoms with Crippen LogP contribution in [0.15, 0.2) is 24.3 Å². The van der Waals surface area contributed by atoms with E-state index >= 15 is 0 Å². The Labute approximate surface area is 93.7 Å². The highest BCUT2D eigenvalue weighted by atomic mass is 32.2. The molecule has 0 atom stereocenters. The highest BCUT2D eigenvalue weighted by molar-refractivity contribution is 7.86. The first kappa shape index (κ1) is 11.1. The highest BCUT2D eigenvalue weighted by Gasteiger charge is 2.27. The van der Waals surface area contributed by atoms with Crippen LogP contribution in [0.1, 0.15) is 12.0 Å². The fraction of sp³-hybridized carbons (Fsp3) is 0.300. The van der Waals surface area contributed by atoms with Gasteiger partial charge in [0.05, 0.1) is 11.9 Å². The summed E-state index contributed by atoms with van der Waals surface area (Å²) >= 11 is 0. The predicted molar refractivity (Wildman–Crippen MR) is 58.2 cm³/mol. The fourth-order valence-corrected chi connectivity index (χ4v) is 2.05. The smallest absolute Gasteiger partial charge is 0.272 e. The molecule has 0 aromatic heterocycles. The number of para-hydroxylation sites is 1. The molecule has 0 saturated heterocycles. The van der Waals surface area contributed by atoms with Gasteiger partial charge in [0.15, 0.2) is 0 Å². The molecule has 2 rings (SSSR count). The maximum absolute atomic E-state index is 11.6. The molecule has 1 heterocycles. The number of benzene rings is 1. The van der Waals surface area contributed by atoms with Crippen LogP contribution in [0.3, 0.4) is 0 Å². The maximum atomic E-state index is 11.6. The van der Waals surface area contributed by atoms with E-state index in [-0.39, 0.29) is 12.3 Å². The van der Waals surface area contributed by atoms with E-state index in [0.29, 0.717) is 12.1 Å². The van der Waals surface area contributed by atoms with E-state index in [9.17, 15) is 13.2 Å². The van der Waals surface area contributed by atoms with Crippen molar-refractivity contribution in [3.05, 3.63) is 29.8 Å². The number of aryl methyl sites for hydroxylation is 1. The van der Waals surface area contributed by atoms with Crippen LogP contribution in [0.25, 0.3) is 0 Å². The van der Waals surface area contributed by atoms with Gasteiger partial charge in [0.25, 0.3) is 16.0 Å². The quantitative estimate of drug-likeness (QED) is 0.770. The highest BCUT2D eigenvalue weighted by Crippen LogP contribution is 2.28. The molecule has 1 aromatic carbocycles. The summed E-state index contributed by atoms with van der Waals surface area (Å²) in [7, 11) is -3.69. The molecule has 6 heteroatoms. The Hall–Kier alpha value is -1.40. The molecule has 0 spiro atoms. The molecule has 1 amide bonds. The molecule has 1 aliphatic heterocycles. The van der Waals surface area contributed by atoms with Gasteiger partial charge in [-0.25, -0.2) is 0 Å². The van der Waals surface area contributed by atoms with Gasteiger partial charge in [0.1, 0.15) is 0 Å². The van der Waals surface area contributed by atoms with E-state index < -0.39 is 10.1 Å². The second-order valence-electron chi connectivity index (χ2n) is 3.60. The van der Waals surface area contributed by atoms with Crippen molar-refractivity contribution in [3.8, 4) is 0 Å². The van der Waals surface area contributed by atoms with Crippen molar-refractivity contribution in [2.24, 2.45) is 0 Å². The lowest BCUT2D eigenvalue weighted by Gasteiger charge is -2.26. The fourth-order valence-electron chi connectivity index (χ4n) is 1.61. The third-order valence-corrected chi connectivity index (χ3v) is 2.67. The van der Waals surface area contributed by atoms with E-state index in [1.54, 1.807) is 12.1 Å². The van der Waals surface area contributed by atoms with Crippen LogP contribution in [0.2, 0.25) is 0 Å². The van der Waals surface area contributed by atoms with Crippen LogP contribution in [-0.2, 0) is 25.6 Å². The Morgan fingerprint density at radius 2 is 1.94 bits per heavy atom. The van der Waals surface area contributed by atoms with Crippen LogP contribution in [0.4, 0.5) is 5.69 Å². The minimum absolute atomic E-state index is 0.256. The summed E-state index contributed by atoms with van der Waals surface area (Å²) in [6.45, 7) is 0. The number of fused-ring (bicyclic) bond motifs is 1. The summed E-state index contributed by atoms with van der Waals surface area (Å²) in [5, 5.41) is 0.855. The average Bonchev–Trinajstić information content (AvgIpc) is 2.21. The molecule has 0 aliphatic carbocycles.